The molecule has 0 saturated heterocycles. The fourth-order valence-corrected chi connectivity index (χ4v) is 1.66. The number of carbonyl (C=O) groups excluding carboxylic acids is 1. The normalized spacial score (nSPS) is 12.1. The summed E-state index contributed by atoms with van der Waals surface area (Å²) in [6, 6.07) is 11.2. The number of hydrogen-bond donors (Lipinski definition) is 1. The van der Waals surface area contributed by atoms with Crippen LogP contribution in [-0.4, -0.2) is 23.2 Å². The molecule has 2 aromatic rings. The van der Waals surface area contributed by atoms with Crippen molar-refractivity contribution in [2.75, 3.05) is 0 Å². The molecule has 0 aliphatic rings. The van der Waals surface area contributed by atoms with Crippen molar-refractivity contribution in [3.8, 4) is 5.75 Å². The smallest absolute Gasteiger partial charge is 0.280 e. The van der Waals surface area contributed by atoms with Gasteiger partial charge in [0.1, 0.15) is 5.75 Å². The van der Waals surface area contributed by atoms with Crippen LogP contribution in [0.15, 0.2) is 53.9 Å². The Labute approximate surface area is 123 Å². The summed E-state index contributed by atoms with van der Waals surface area (Å²) < 4.78 is 5.56. The molecule has 108 valence electrons. The van der Waals surface area contributed by atoms with Crippen LogP contribution in [0.1, 0.15) is 18.1 Å². The van der Waals surface area contributed by atoms with Crippen LogP contribution in [0.2, 0.25) is 0 Å². The number of hydrogen-bond acceptors (Lipinski definition) is 4. The Balaban J connectivity index is 1.87. The van der Waals surface area contributed by atoms with E-state index in [1.54, 1.807) is 25.4 Å². The van der Waals surface area contributed by atoms with Gasteiger partial charge in [-0.25, -0.2) is 5.43 Å². The fourth-order valence-electron chi connectivity index (χ4n) is 1.66. The molecule has 5 heteroatoms. The molecule has 0 bridgehead atoms. The number of amides is 1. The van der Waals surface area contributed by atoms with Gasteiger partial charge < -0.3 is 4.74 Å². The average Bonchev–Trinajstić information content (AvgIpc) is 2.48. The minimum absolute atomic E-state index is 0.309. The Hall–Kier alpha value is -2.69. The van der Waals surface area contributed by atoms with Gasteiger partial charge >= 0.3 is 0 Å². The van der Waals surface area contributed by atoms with E-state index in [4.69, 9.17) is 4.74 Å². The molecule has 0 radical (unpaired) electrons. The molecule has 0 saturated carbocycles. The molecular formula is C16H17N3O2. The van der Waals surface area contributed by atoms with Crippen LogP contribution in [0.3, 0.4) is 0 Å². The van der Waals surface area contributed by atoms with Gasteiger partial charge in [-0.05, 0) is 37.6 Å². The van der Waals surface area contributed by atoms with E-state index in [0.29, 0.717) is 5.75 Å². The van der Waals surface area contributed by atoms with Gasteiger partial charge in [0.25, 0.3) is 5.91 Å². The zero-order chi connectivity index (χ0) is 15.1. The molecule has 0 fully saturated rings. The van der Waals surface area contributed by atoms with E-state index in [-0.39, 0.29) is 5.91 Å². The fraction of sp³-hybridized carbons (Fsp3) is 0.188. The summed E-state index contributed by atoms with van der Waals surface area (Å²) >= 11 is 0. The number of rotatable bonds is 5. The highest BCUT2D eigenvalue weighted by Gasteiger charge is 2.13. The summed E-state index contributed by atoms with van der Waals surface area (Å²) in [6.45, 7) is 3.65. The number of hydrazone groups is 1. The summed E-state index contributed by atoms with van der Waals surface area (Å²) in [5.74, 6) is 0.352. The number of pyridine rings is 1. The minimum atomic E-state index is -0.627. The molecule has 1 N–H and O–H groups in total. The molecular weight excluding hydrogens is 266 g/mol. The van der Waals surface area contributed by atoms with Gasteiger partial charge in [-0.2, -0.15) is 5.10 Å². The van der Waals surface area contributed by atoms with Crippen LogP contribution in [0.5, 0.6) is 5.75 Å². The Morgan fingerprint density at radius 3 is 2.95 bits per heavy atom. The van der Waals surface area contributed by atoms with Gasteiger partial charge in [0, 0.05) is 18.0 Å². The van der Waals surface area contributed by atoms with Crippen molar-refractivity contribution < 1.29 is 9.53 Å². The van der Waals surface area contributed by atoms with Crippen LogP contribution < -0.4 is 10.2 Å². The van der Waals surface area contributed by atoms with Crippen molar-refractivity contribution in [1.82, 2.24) is 10.4 Å². The maximum Gasteiger partial charge on any atom is 0.280 e. The van der Waals surface area contributed by atoms with Gasteiger partial charge in [-0.1, -0.05) is 18.2 Å². The minimum Gasteiger partial charge on any atom is -0.481 e. The van der Waals surface area contributed by atoms with E-state index in [9.17, 15) is 4.79 Å². The van der Waals surface area contributed by atoms with E-state index >= 15 is 0 Å². The molecule has 21 heavy (non-hydrogen) atoms. The van der Waals surface area contributed by atoms with Crippen molar-refractivity contribution >= 4 is 12.1 Å². The topological polar surface area (TPSA) is 63.6 Å². The van der Waals surface area contributed by atoms with Gasteiger partial charge in [0.15, 0.2) is 6.10 Å². The summed E-state index contributed by atoms with van der Waals surface area (Å²) in [5.41, 5.74) is 4.33. The lowest BCUT2D eigenvalue weighted by Gasteiger charge is -2.13. The summed E-state index contributed by atoms with van der Waals surface area (Å²) in [5, 5.41) is 3.88. The third-order valence-electron chi connectivity index (χ3n) is 2.74. The lowest BCUT2D eigenvalue weighted by atomic mass is 10.2. The Bertz CT molecular complexity index is 626. The monoisotopic (exact) mass is 283 g/mol. The van der Waals surface area contributed by atoms with Crippen LogP contribution in [0.4, 0.5) is 0 Å². The van der Waals surface area contributed by atoms with Gasteiger partial charge in [0.2, 0.25) is 0 Å². The Morgan fingerprint density at radius 2 is 2.24 bits per heavy atom. The molecule has 2 rings (SSSR count). The third kappa shape index (κ3) is 4.72. The van der Waals surface area contributed by atoms with E-state index < -0.39 is 6.10 Å². The van der Waals surface area contributed by atoms with Crippen molar-refractivity contribution in [1.29, 1.82) is 0 Å². The van der Waals surface area contributed by atoms with Gasteiger partial charge in [0.05, 0.1) is 6.21 Å². The Kier molecular flexibility index (Phi) is 5.04. The largest absolute Gasteiger partial charge is 0.481 e. The van der Waals surface area contributed by atoms with E-state index in [2.05, 4.69) is 15.5 Å². The molecule has 1 aromatic carbocycles. The third-order valence-corrected chi connectivity index (χ3v) is 2.74. The maximum absolute atomic E-state index is 11.9. The highest BCUT2D eigenvalue weighted by molar-refractivity contribution is 5.84. The summed E-state index contributed by atoms with van der Waals surface area (Å²) in [7, 11) is 0. The van der Waals surface area contributed by atoms with Crippen LogP contribution in [0.25, 0.3) is 0 Å². The van der Waals surface area contributed by atoms with Crippen LogP contribution in [0, 0.1) is 6.92 Å². The zero-order valence-electron chi connectivity index (χ0n) is 12.0. The second-order valence-corrected chi connectivity index (χ2v) is 4.60. The molecule has 0 aliphatic heterocycles. The number of nitrogens with one attached hydrogen (secondary N) is 1. The van der Waals surface area contributed by atoms with E-state index in [0.717, 1.165) is 11.1 Å². The number of aromatic nitrogens is 1. The molecule has 1 amide bonds. The first kappa shape index (κ1) is 14.7. The molecule has 1 atom stereocenters. The molecule has 0 aliphatic carbocycles. The van der Waals surface area contributed by atoms with Crippen molar-refractivity contribution in [2.45, 2.75) is 20.0 Å². The van der Waals surface area contributed by atoms with Gasteiger partial charge in [-0.15, -0.1) is 0 Å². The first-order valence-corrected chi connectivity index (χ1v) is 6.61. The van der Waals surface area contributed by atoms with E-state index in [1.807, 2.05) is 37.3 Å². The maximum atomic E-state index is 11.9. The van der Waals surface area contributed by atoms with Crippen molar-refractivity contribution in [3.63, 3.8) is 0 Å². The Morgan fingerprint density at radius 1 is 1.38 bits per heavy atom. The lowest BCUT2D eigenvalue weighted by molar-refractivity contribution is -0.127. The number of carbonyl (C=O) groups is 1. The molecule has 1 unspecified atom stereocenters. The second kappa shape index (κ2) is 7.19. The number of benzene rings is 1. The van der Waals surface area contributed by atoms with Crippen LogP contribution >= 0.6 is 0 Å². The molecule has 1 aromatic heterocycles. The molecule has 1 heterocycles. The van der Waals surface area contributed by atoms with Crippen LogP contribution in [-0.2, 0) is 4.79 Å². The zero-order valence-corrected chi connectivity index (χ0v) is 12.0. The number of ether oxygens (including phenoxy) is 1. The quantitative estimate of drug-likeness (QED) is 0.676. The molecule has 5 nitrogen and oxygen atoms in total. The van der Waals surface area contributed by atoms with Crippen molar-refractivity contribution in [2.24, 2.45) is 5.10 Å². The lowest BCUT2D eigenvalue weighted by Crippen LogP contribution is -2.33. The molecule has 0 spiro atoms. The van der Waals surface area contributed by atoms with Gasteiger partial charge in [-0.3, -0.25) is 9.78 Å². The predicted octanol–water partition coefficient (Wildman–Crippen LogP) is 2.31. The van der Waals surface area contributed by atoms with Crippen molar-refractivity contribution in [3.05, 3.63) is 59.9 Å². The summed E-state index contributed by atoms with van der Waals surface area (Å²) in [4.78, 5) is 15.8. The first-order valence-electron chi connectivity index (χ1n) is 6.61. The predicted molar refractivity (Wildman–Crippen MR) is 81.2 cm³/mol. The standard InChI is InChI=1S/C16H17N3O2/c1-12-5-3-7-15(9-12)21-13(2)16(20)19-18-11-14-6-4-8-17-10-14/h3-11,13H,1-2H3,(H,19,20)/b18-11+. The van der Waals surface area contributed by atoms with E-state index in [1.165, 1.54) is 6.21 Å². The first-order chi connectivity index (χ1) is 10.1. The average molecular weight is 283 g/mol. The highest BCUT2D eigenvalue weighted by Crippen LogP contribution is 2.14. The highest BCUT2D eigenvalue weighted by atomic mass is 16.5. The number of aryl methyl sites for hydroxylation is 1. The SMILES string of the molecule is Cc1cccc(OC(C)C(=O)N/N=C/c2cccnc2)c1. The second-order valence-electron chi connectivity index (χ2n) is 4.60. The number of nitrogens with zero attached hydrogens (tertiary/aromatic N) is 2. The summed E-state index contributed by atoms with van der Waals surface area (Å²) in [6.07, 6.45) is 4.23.